The van der Waals surface area contributed by atoms with Crippen LogP contribution in [-0.4, -0.2) is 66.8 Å². The van der Waals surface area contributed by atoms with Crippen molar-refractivity contribution in [3.8, 4) is 11.4 Å². The van der Waals surface area contributed by atoms with Crippen molar-refractivity contribution in [2.45, 2.75) is 18.9 Å². The largest absolute Gasteiger partial charge is 0.451 e. The lowest BCUT2D eigenvalue weighted by molar-refractivity contribution is -0.0284. The van der Waals surface area contributed by atoms with Gasteiger partial charge in [0.2, 0.25) is 11.7 Å². The molecule has 33 heavy (non-hydrogen) atoms. The van der Waals surface area contributed by atoms with Gasteiger partial charge in [0.1, 0.15) is 10.6 Å². The summed E-state index contributed by atoms with van der Waals surface area (Å²) in [4.78, 5) is 25.1. The lowest BCUT2D eigenvalue weighted by atomic mass is 9.88. The molecule has 174 valence electrons. The Labute approximate surface area is 196 Å². The summed E-state index contributed by atoms with van der Waals surface area (Å²) in [6, 6.07) is 7.40. The van der Waals surface area contributed by atoms with Crippen molar-refractivity contribution >= 4 is 34.3 Å². The lowest BCUT2D eigenvalue weighted by Crippen LogP contribution is -2.37. The predicted molar refractivity (Wildman–Crippen MR) is 128 cm³/mol. The van der Waals surface area contributed by atoms with Gasteiger partial charge < -0.3 is 18.7 Å². The maximum absolute atomic E-state index is 11.9. The molecule has 1 unspecified atom stereocenters. The molecule has 0 aliphatic heterocycles. The molecular formula is C23H26N4O5S. The van der Waals surface area contributed by atoms with Crippen molar-refractivity contribution in [3.63, 3.8) is 0 Å². The van der Waals surface area contributed by atoms with E-state index < -0.39 is 11.7 Å². The highest BCUT2D eigenvalue weighted by Gasteiger charge is 2.32. The van der Waals surface area contributed by atoms with E-state index in [2.05, 4.69) is 15.1 Å². The molecule has 0 N–H and O–H groups in total. The molecule has 1 aliphatic carbocycles. The Morgan fingerprint density at radius 3 is 2.58 bits per heavy atom. The molecule has 0 spiro atoms. The zero-order chi connectivity index (χ0) is 23.8. The third kappa shape index (κ3) is 6.04. The van der Waals surface area contributed by atoms with Gasteiger partial charge in [-0.1, -0.05) is 23.4 Å². The Morgan fingerprint density at radius 2 is 2.00 bits per heavy atom. The van der Waals surface area contributed by atoms with E-state index in [9.17, 15) is 4.79 Å². The minimum absolute atomic E-state index is 0.367. The average molecular weight is 471 g/mol. The van der Waals surface area contributed by atoms with Crippen molar-refractivity contribution in [2.75, 3.05) is 34.2 Å². The van der Waals surface area contributed by atoms with Crippen LogP contribution in [0.25, 0.3) is 11.4 Å². The summed E-state index contributed by atoms with van der Waals surface area (Å²) in [7, 11) is 4.55. The van der Waals surface area contributed by atoms with Gasteiger partial charge in [-0.25, -0.2) is 9.79 Å². The van der Waals surface area contributed by atoms with Crippen LogP contribution < -0.4 is 0 Å². The molecule has 3 rings (SSSR count). The topological polar surface area (TPSA) is 108 Å². The third-order valence-electron chi connectivity index (χ3n) is 4.94. The number of aliphatic imine (C=N–C) groups is 2. The molecule has 2 aromatic rings. The van der Waals surface area contributed by atoms with E-state index in [1.807, 2.05) is 48.7 Å². The van der Waals surface area contributed by atoms with Gasteiger partial charge in [-0.3, -0.25) is 0 Å². The Balaban J connectivity index is 2.03. The van der Waals surface area contributed by atoms with Crippen molar-refractivity contribution in [2.24, 2.45) is 9.98 Å². The zero-order valence-corrected chi connectivity index (χ0v) is 20.0. The van der Waals surface area contributed by atoms with Gasteiger partial charge >= 0.3 is 6.09 Å². The first kappa shape index (κ1) is 24.6. The van der Waals surface area contributed by atoms with Crippen molar-refractivity contribution in [1.82, 2.24) is 10.1 Å². The first-order valence-electron chi connectivity index (χ1n) is 10.1. The molecule has 0 fully saturated rings. The summed E-state index contributed by atoms with van der Waals surface area (Å²) in [5.41, 5.74) is 2.24. The molecule has 1 aromatic carbocycles. The summed E-state index contributed by atoms with van der Waals surface area (Å²) >= 11 is 1.31. The molecule has 0 saturated heterocycles. The van der Waals surface area contributed by atoms with E-state index in [4.69, 9.17) is 23.7 Å². The molecule has 9 nitrogen and oxygen atoms in total. The SMILES string of the molecule is COCC1(OC)C=CC=C(C(=N/c2ccc(-c3noc(C)n3)cc2)/C(=N/C(=O)OC)SC)C1. The summed E-state index contributed by atoms with van der Waals surface area (Å²) in [6.45, 7) is 2.11. The molecule has 0 radical (unpaired) electrons. The number of allylic oxidation sites excluding steroid dienone is 2. The number of thioether (sulfide) groups is 1. The van der Waals surface area contributed by atoms with Crippen LogP contribution in [0.2, 0.25) is 0 Å². The van der Waals surface area contributed by atoms with E-state index in [0.717, 1.165) is 11.1 Å². The van der Waals surface area contributed by atoms with Crippen LogP contribution >= 0.6 is 11.8 Å². The van der Waals surface area contributed by atoms with E-state index in [-0.39, 0.29) is 0 Å². The van der Waals surface area contributed by atoms with Gasteiger partial charge in [-0.05, 0) is 36.1 Å². The molecule has 1 atom stereocenters. The summed E-state index contributed by atoms with van der Waals surface area (Å²) in [5, 5.41) is 4.37. The molecular weight excluding hydrogens is 444 g/mol. The summed E-state index contributed by atoms with van der Waals surface area (Å²) in [6.07, 6.45) is 7.41. The summed E-state index contributed by atoms with van der Waals surface area (Å²) < 4.78 is 20.9. The fraction of sp³-hybridized carbons (Fsp3) is 0.348. The minimum Gasteiger partial charge on any atom is -0.451 e. The highest BCUT2D eigenvalue weighted by molar-refractivity contribution is 8.15. The van der Waals surface area contributed by atoms with E-state index in [1.165, 1.54) is 18.9 Å². The second-order valence-electron chi connectivity index (χ2n) is 7.17. The molecule has 1 aromatic heterocycles. The van der Waals surface area contributed by atoms with Crippen LogP contribution in [0.5, 0.6) is 0 Å². The van der Waals surface area contributed by atoms with Crippen molar-refractivity contribution in [3.05, 3.63) is 54.0 Å². The van der Waals surface area contributed by atoms with Gasteiger partial charge in [0, 0.05) is 33.1 Å². The second-order valence-corrected chi connectivity index (χ2v) is 7.96. The third-order valence-corrected chi connectivity index (χ3v) is 5.62. The summed E-state index contributed by atoms with van der Waals surface area (Å²) in [5.74, 6) is 0.998. The van der Waals surface area contributed by atoms with Crippen LogP contribution in [0, 0.1) is 6.92 Å². The van der Waals surface area contributed by atoms with Crippen LogP contribution in [0.1, 0.15) is 12.3 Å². The maximum atomic E-state index is 11.9. The number of aromatic nitrogens is 2. The Hall–Kier alpha value is -3.08. The normalized spacial score (nSPS) is 18.9. The van der Waals surface area contributed by atoms with Gasteiger partial charge in [-0.15, -0.1) is 11.8 Å². The number of carbonyl (C=O) groups is 1. The van der Waals surface area contributed by atoms with Gasteiger partial charge in [0.05, 0.1) is 25.1 Å². The monoisotopic (exact) mass is 470 g/mol. The van der Waals surface area contributed by atoms with Crippen LogP contribution in [-0.2, 0) is 14.2 Å². The first-order chi connectivity index (χ1) is 15.9. The number of benzene rings is 1. The number of hydrogen-bond acceptors (Lipinski definition) is 9. The van der Waals surface area contributed by atoms with E-state index >= 15 is 0 Å². The number of hydrogen-bond donors (Lipinski definition) is 0. The van der Waals surface area contributed by atoms with Crippen LogP contribution in [0.15, 0.2) is 62.6 Å². The second kappa shape index (κ2) is 11.2. The smallest absolute Gasteiger partial charge is 0.434 e. The van der Waals surface area contributed by atoms with Crippen molar-refractivity contribution in [1.29, 1.82) is 0 Å². The number of ether oxygens (including phenoxy) is 3. The standard InChI is InChI=1S/C23H26N4O5S/c1-15-24-20(27-32-15)16-8-10-18(11-9-16)25-19(21(33-5)26-22(28)30-3)17-7-6-12-23(13-17,31-4)14-29-2/h6-12H,13-14H2,1-5H3/b25-19-,26-21-. The molecule has 1 aliphatic rings. The van der Waals surface area contributed by atoms with Crippen LogP contribution in [0.4, 0.5) is 10.5 Å². The Kier molecular flexibility index (Phi) is 8.32. The predicted octanol–water partition coefficient (Wildman–Crippen LogP) is 4.56. The van der Waals surface area contributed by atoms with Crippen molar-refractivity contribution < 1.29 is 23.5 Å². The first-order valence-corrected chi connectivity index (χ1v) is 11.3. The highest BCUT2D eigenvalue weighted by Crippen LogP contribution is 2.30. The number of carbonyl (C=O) groups excluding carboxylic acids is 1. The minimum atomic E-state index is -0.697. The quantitative estimate of drug-likeness (QED) is 0.428. The lowest BCUT2D eigenvalue weighted by Gasteiger charge is -2.32. The number of nitrogens with zero attached hydrogens (tertiary/aromatic N) is 4. The van der Waals surface area contributed by atoms with E-state index in [1.54, 1.807) is 21.1 Å². The number of methoxy groups -OCH3 is 3. The Morgan fingerprint density at radius 1 is 1.24 bits per heavy atom. The molecule has 1 heterocycles. The number of rotatable bonds is 7. The number of aryl methyl sites for hydroxylation is 1. The molecule has 0 bridgehead atoms. The van der Waals surface area contributed by atoms with Gasteiger partial charge in [0.15, 0.2) is 0 Å². The maximum Gasteiger partial charge on any atom is 0.434 e. The highest BCUT2D eigenvalue weighted by atomic mass is 32.2. The fourth-order valence-corrected chi connectivity index (χ4v) is 3.83. The molecule has 10 heteroatoms. The molecule has 1 amide bonds. The van der Waals surface area contributed by atoms with Crippen LogP contribution in [0.3, 0.4) is 0 Å². The Bertz CT molecular complexity index is 1100. The zero-order valence-electron chi connectivity index (χ0n) is 19.2. The average Bonchev–Trinajstić information content (AvgIpc) is 3.28. The fourth-order valence-electron chi connectivity index (χ4n) is 3.30. The number of amides is 1. The van der Waals surface area contributed by atoms with Gasteiger partial charge in [0.25, 0.3) is 0 Å². The van der Waals surface area contributed by atoms with E-state index in [0.29, 0.717) is 41.2 Å². The van der Waals surface area contributed by atoms with Gasteiger partial charge in [-0.2, -0.15) is 9.98 Å². The molecule has 0 saturated carbocycles.